The Balaban J connectivity index is 2.06. The normalized spacial score (nSPS) is 31.7. The van der Waals surface area contributed by atoms with Crippen molar-refractivity contribution in [2.75, 3.05) is 6.61 Å². The lowest BCUT2D eigenvalue weighted by molar-refractivity contribution is -0.151. The maximum atomic E-state index is 12.7. The van der Waals surface area contributed by atoms with E-state index >= 15 is 0 Å². The minimum absolute atomic E-state index is 0.162. The highest BCUT2D eigenvalue weighted by Crippen LogP contribution is 2.49. The molecule has 0 bridgehead atoms. The van der Waals surface area contributed by atoms with E-state index in [-0.39, 0.29) is 24.5 Å². The number of epoxide rings is 1. The number of esters is 4. The molecule has 1 aliphatic carbocycles. The van der Waals surface area contributed by atoms with E-state index in [0.717, 1.165) is 5.57 Å². The molecule has 5 atom stereocenters. The van der Waals surface area contributed by atoms with Crippen LogP contribution >= 0.6 is 0 Å². The van der Waals surface area contributed by atoms with Gasteiger partial charge in [0.1, 0.15) is 30.5 Å². The predicted molar refractivity (Wildman–Crippen MR) is 110 cm³/mol. The van der Waals surface area contributed by atoms with Gasteiger partial charge in [-0.2, -0.15) is 0 Å². The lowest BCUT2D eigenvalue weighted by Gasteiger charge is -2.27. The maximum absolute atomic E-state index is 12.7. The summed E-state index contributed by atoms with van der Waals surface area (Å²) in [6, 6.07) is 0. The summed E-state index contributed by atoms with van der Waals surface area (Å²) in [5.74, 6) is -2.42. The third-order valence-electron chi connectivity index (χ3n) is 5.75. The Morgan fingerprint density at radius 2 is 1.88 bits per heavy atom. The van der Waals surface area contributed by atoms with Crippen molar-refractivity contribution in [2.45, 2.75) is 84.4 Å². The Bertz CT molecular complexity index is 884. The molecule has 32 heavy (non-hydrogen) atoms. The van der Waals surface area contributed by atoms with E-state index in [9.17, 15) is 19.2 Å². The van der Waals surface area contributed by atoms with Gasteiger partial charge in [-0.1, -0.05) is 19.4 Å². The number of fused-ring (bicyclic) bond motifs is 3. The molecule has 0 amide bonds. The predicted octanol–water partition coefficient (Wildman–Crippen LogP) is 2.17. The Kier molecular flexibility index (Phi) is 6.78. The van der Waals surface area contributed by atoms with Gasteiger partial charge in [0.2, 0.25) is 0 Å². The van der Waals surface area contributed by atoms with E-state index in [2.05, 4.69) is 0 Å². The molecule has 1 fully saturated rings. The molecule has 0 aromatic heterocycles. The first-order chi connectivity index (χ1) is 14.9. The van der Waals surface area contributed by atoms with Crippen molar-refractivity contribution < 1.29 is 42.9 Å². The molecule has 1 saturated heterocycles. The summed E-state index contributed by atoms with van der Waals surface area (Å²) in [5.41, 5.74) is 0.707. The summed E-state index contributed by atoms with van der Waals surface area (Å²) in [5, 5.41) is 0. The standard InChI is InChI=1S/C23H30O9/c1-11(2)21(26)30-17-8-12(3)7-15(29-14(5)25)9-23(6)20(32-23)19-18(17)16(22(27)31-19)10-28-13(4)24/h7,11,15,17,19-20H,8-10H2,1-6H3. The molecule has 0 spiro atoms. The Morgan fingerprint density at radius 1 is 1.19 bits per heavy atom. The number of rotatable bonds is 5. The molecule has 2 heterocycles. The van der Waals surface area contributed by atoms with Crippen LogP contribution in [-0.4, -0.2) is 60.5 Å². The molecule has 0 radical (unpaired) electrons. The van der Waals surface area contributed by atoms with Crippen LogP contribution in [0.5, 0.6) is 0 Å². The minimum atomic E-state index is -0.826. The quantitative estimate of drug-likeness (QED) is 0.269. The summed E-state index contributed by atoms with van der Waals surface area (Å²) in [4.78, 5) is 48.2. The zero-order valence-corrected chi connectivity index (χ0v) is 19.3. The van der Waals surface area contributed by atoms with Crippen molar-refractivity contribution in [3.63, 3.8) is 0 Å². The van der Waals surface area contributed by atoms with Gasteiger partial charge in [-0.15, -0.1) is 0 Å². The highest BCUT2D eigenvalue weighted by atomic mass is 16.7. The van der Waals surface area contributed by atoms with Gasteiger partial charge < -0.3 is 23.7 Å². The molecular weight excluding hydrogens is 420 g/mol. The highest BCUT2D eigenvalue weighted by molar-refractivity contribution is 5.93. The fourth-order valence-corrected chi connectivity index (χ4v) is 4.18. The third-order valence-corrected chi connectivity index (χ3v) is 5.75. The first-order valence-electron chi connectivity index (χ1n) is 10.7. The topological polar surface area (TPSA) is 118 Å². The lowest BCUT2D eigenvalue weighted by Crippen LogP contribution is -2.35. The Labute approximate surface area is 187 Å². The number of ether oxygens (including phenoxy) is 5. The zero-order chi connectivity index (χ0) is 23.8. The molecule has 3 aliphatic rings. The van der Waals surface area contributed by atoms with Crippen LogP contribution in [0.15, 0.2) is 22.8 Å². The van der Waals surface area contributed by atoms with Crippen LogP contribution in [0.2, 0.25) is 0 Å². The molecule has 0 N–H and O–H groups in total. The van der Waals surface area contributed by atoms with Crippen molar-refractivity contribution in [3.8, 4) is 0 Å². The minimum Gasteiger partial charge on any atom is -0.461 e. The van der Waals surface area contributed by atoms with E-state index in [4.69, 9.17) is 23.7 Å². The van der Waals surface area contributed by atoms with Gasteiger partial charge in [0.25, 0.3) is 0 Å². The van der Waals surface area contributed by atoms with E-state index in [1.54, 1.807) is 13.8 Å². The summed E-state index contributed by atoms with van der Waals surface area (Å²) in [7, 11) is 0. The van der Waals surface area contributed by atoms with E-state index in [0.29, 0.717) is 12.0 Å². The fraction of sp³-hybridized carbons (Fsp3) is 0.652. The molecule has 176 valence electrons. The summed E-state index contributed by atoms with van der Waals surface area (Å²) in [6.45, 7) is 9.41. The Morgan fingerprint density at radius 3 is 2.47 bits per heavy atom. The van der Waals surface area contributed by atoms with Crippen molar-refractivity contribution in [2.24, 2.45) is 5.92 Å². The van der Waals surface area contributed by atoms with E-state index < -0.39 is 53.9 Å². The van der Waals surface area contributed by atoms with Crippen LogP contribution in [0.1, 0.15) is 54.4 Å². The molecule has 5 unspecified atom stereocenters. The molecule has 3 rings (SSSR count). The number of carbonyl (C=O) groups is 4. The van der Waals surface area contributed by atoms with Crippen LogP contribution < -0.4 is 0 Å². The monoisotopic (exact) mass is 450 g/mol. The average molecular weight is 450 g/mol. The van der Waals surface area contributed by atoms with Crippen LogP contribution in [-0.2, 0) is 42.9 Å². The second-order valence-electron chi connectivity index (χ2n) is 9.04. The highest BCUT2D eigenvalue weighted by Gasteiger charge is 2.62. The summed E-state index contributed by atoms with van der Waals surface area (Å²) < 4.78 is 27.9. The van der Waals surface area contributed by atoms with E-state index in [1.807, 2.05) is 19.9 Å². The van der Waals surface area contributed by atoms with Gasteiger partial charge in [0.05, 0.1) is 11.5 Å². The van der Waals surface area contributed by atoms with E-state index in [1.165, 1.54) is 13.8 Å². The first kappa shape index (κ1) is 24.0. The van der Waals surface area contributed by atoms with Gasteiger partial charge in [-0.05, 0) is 19.9 Å². The molecule has 2 aliphatic heterocycles. The van der Waals surface area contributed by atoms with Gasteiger partial charge in [-0.3, -0.25) is 14.4 Å². The second kappa shape index (κ2) is 9.05. The van der Waals surface area contributed by atoms with Crippen molar-refractivity contribution in [1.29, 1.82) is 0 Å². The number of carbonyl (C=O) groups excluding carboxylic acids is 4. The first-order valence-corrected chi connectivity index (χ1v) is 10.7. The van der Waals surface area contributed by atoms with Gasteiger partial charge >= 0.3 is 23.9 Å². The Hall–Kier alpha value is -2.68. The third kappa shape index (κ3) is 5.20. The number of hydrogen-bond donors (Lipinski definition) is 0. The van der Waals surface area contributed by atoms with Gasteiger partial charge in [0, 0.05) is 32.3 Å². The van der Waals surface area contributed by atoms with Crippen LogP contribution in [0.25, 0.3) is 0 Å². The van der Waals surface area contributed by atoms with Crippen molar-refractivity contribution in [3.05, 3.63) is 22.8 Å². The lowest BCUT2D eigenvalue weighted by atomic mass is 9.86. The molecule has 0 aromatic carbocycles. The molecule has 9 heteroatoms. The van der Waals surface area contributed by atoms with Crippen LogP contribution in [0.4, 0.5) is 0 Å². The van der Waals surface area contributed by atoms with Gasteiger partial charge in [0.15, 0.2) is 6.10 Å². The molecular formula is C23H30O9. The molecule has 0 saturated carbocycles. The zero-order valence-electron chi connectivity index (χ0n) is 19.3. The van der Waals surface area contributed by atoms with Crippen LogP contribution in [0.3, 0.4) is 0 Å². The number of hydrogen-bond acceptors (Lipinski definition) is 9. The van der Waals surface area contributed by atoms with Gasteiger partial charge in [-0.25, -0.2) is 4.79 Å². The van der Waals surface area contributed by atoms with Crippen molar-refractivity contribution >= 4 is 23.9 Å². The largest absolute Gasteiger partial charge is 0.461 e. The van der Waals surface area contributed by atoms with Crippen LogP contribution in [0, 0.1) is 5.92 Å². The van der Waals surface area contributed by atoms with Crippen molar-refractivity contribution in [1.82, 2.24) is 0 Å². The average Bonchev–Trinajstić information content (AvgIpc) is 3.19. The maximum Gasteiger partial charge on any atom is 0.338 e. The smallest absolute Gasteiger partial charge is 0.338 e. The molecule has 0 aromatic rings. The summed E-state index contributed by atoms with van der Waals surface area (Å²) >= 11 is 0. The SMILES string of the molecule is CC(=O)OCC1=C2C(OC(=O)C(C)C)CC(C)=CC(OC(C)=O)CC3(C)OC3C2OC1=O. The molecule has 9 nitrogen and oxygen atoms in total. The second-order valence-corrected chi connectivity index (χ2v) is 9.04. The fourth-order valence-electron chi connectivity index (χ4n) is 4.18. The summed E-state index contributed by atoms with van der Waals surface area (Å²) in [6.07, 6.45) is -0.225.